The molecule has 0 aromatic rings. The van der Waals surface area contributed by atoms with Crippen LogP contribution >= 0.6 is 0 Å². The van der Waals surface area contributed by atoms with Crippen LogP contribution in [0.5, 0.6) is 0 Å². The molecule has 0 bridgehead atoms. The lowest BCUT2D eigenvalue weighted by molar-refractivity contribution is 0.576. The highest BCUT2D eigenvalue weighted by molar-refractivity contribution is 7.84. The van der Waals surface area contributed by atoms with E-state index < -0.39 is 10.8 Å². The van der Waals surface area contributed by atoms with Crippen molar-refractivity contribution in [2.24, 2.45) is 5.73 Å². The molecule has 0 radical (unpaired) electrons. The Morgan fingerprint density at radius 1 is 1.64 bits per heavy atom. The Bertz CT molecular complexity index is 119. The Hall–Kier alpha value is 0.0700. The third-order valence-corrected chi connectivity index (χ3v) is 2.80. The van der Waals surface area contributed by atoms with E-state index in [9.17, 15) is 4.21 Å². The summed E-state index contributed by atoms with van der Waals surface area (Å²) in [5, 5.41) is 3.18. The first kappa shape index (κ1) is 11.1. The Morgan fingerprint density at radius 2 is 2.27 bits per heavy atom. The van der Waals surface area contributed by atoms with Crippen molar-refractivity contribution >= 4 is 10.8 Å². The van der Waals surface area contributed by atoms with Gasteiger partial charge in [0.2, 0.25) is 0 Å². The van der Waals surface area contributed by atoms with Crippen LogP contribution in [-0.4, -0.2) is 34.8 Å². The lowest BCUT2D eigenvalue weighted by Crippen LogP contribution is -2.35. The van der Waals surface area contributed by atoms with Crippen molar-refractivity contribution in [3.05, 3.63) is 0 Å². The summed E-state index contributed by atoms with van der Waals surface area (Å²) in [6.45, 7) is 5.40. The molecule has 0 fully saturated rings. The van der Waals surface area contributed by atoms with E-state index in [1.165, 1.54) is 0 Å². The molecule has 11 heavy (non-hydrogen) atoms. The van der Waals surface area contributed by atoms with Gasteiger partial charge in [-0.15, -0.1) is 0 Å². The van der Waals surface area contributed by atoms with Crippen LogP contribution in [0, 0.1) is 0 Å². The molecule has 2 unspecified atom stereocenters. The summed E-state index contributed by atoms with van der Waals surface area (Å²) >= 11 is 0. The van der Waals surface area contributed by atoms with E-state index >= 15 is 0 Å². The molecule has 0 saturated carbocycles. The lowest BCUT2D eigenvalue weighted by Gasteiger charge is -2.09. The van der Waals surface area contributed by atoms with Crippen LogP contribution in [0.4, 0.5) is 0 Å². The van der Waals surface area contributed by atoms with Crippen molar-refractivity contribution in [2.45, 2.75) is 19.9 Å². The first-order valence-corrected chi connectivity index (χ1v) is 5.48. The smallest absolute Gasteiger partial charge is 0.0360 e. The molecule has 2 atom stereocenters. The molecule has 0 saturated heterocycles. The van der Waals surface area contributed by atoms with Gasteiger partial charge < -0.3 is 11.1 Å². The minimum Gasteiger partial charge on any atom is -0.329 e. The number of nitrogens with one attached hydrogen (secondary N) is 1. The molecule has 4 heteroatoms. The van der Waals surface area contributed by atoms with Crippen LogP contribution in [0.2, 0.25) is 0 Å². The first-order chi connectivity index (χ1) is 5.20. The topological polar surface area (TPSA) is 55.1 Å². The molecule has 3 nitrogen and oxygen atoms in total. The Labute approximate surface area is 71.2 Å². The molecule has 0 aromatic heterocycles. The average molecular weight is 178 g/mol. The molecule has 0 spiro atoms. The van der Waals surface area contributed by atoms with Gasteiger partial charge in [-0.25, -0.2) is 0 Å². The molecule has 0 aliphatic rings. The molecule has 0 aliphatic carbocycles. The van der Waals surface area contributed by atoms with Gasteiger partial charge in [0.15, 0.2) is 0 Å². The number of hydrogen-bond acceptors (Lipinski definition) is 3. The molecular weight excluding hydrogens is 160 g/mol. The van der Waals surface area contributed by atoms with Gasteiger partial charge in [-0.2, -0.15) is 0 Å². The quantitative estimate of drug-likeness (QED) is 0.587. The summed E-state index contributed by atoms with van der Waals surface area (Å²) in [4.78, 5) is 0. The zero-order valence-corrected chi connectivity index (χ0v) is 8.12. The Kier molecular flexibility index (Phi) is 6.80. The van der Waals surface area contributed by atoms with Crippen molar-refractivity contribution in [1.82, 2.24) is 5.32 Å². The monoisotopic (exact) mass is 178 g/mol. The summed E-state index contributed by atoms with van der Waals surface area (Å²) in [7, 11) is -0.649. The maximum atomic E-state index is 10.9. The third-order valence-electron chi connectivity index (χ3n) is 1.50. The van der Waals surface area contributed by atoms with Crippen molar-refractivity contribution in [3.63, 3.8) is 0 Å². The molecule has 0 rings (SSSR count). The van der Waals surface area contributed by atoms with Crippen LogP contribution in [0.3, 0.4) is 0 Å². The van der Waals surface area contributed by atoms with Crippen molar-refractivity contribution in [1.29, 1.82) is 0 Å². The molecule has 0 aliphatic heterocycles. The largest absolute Gasteiger partial charge is 0.329 e. The molecule has 68 valence electrons. The van der Waals surface area contributed by atoms with Crippen LogP contribution in [-0.2, 0) is 10.8 Å². The van der Waals surface area contributed by atoms with Crippen molar-refractivity contribution in [2.75, 3.05) is 24.6 Å². The van der Waals surface area contributed by atoms with Crippen molar-refractivity contribution < 1.29 is 4.21 Å². The van der Waals surface area contributed by atoms with E-state index in [1.807, 2.05) is 13.8 Å². The van der Waals surface area contributed by atoms with E-state index in [2.05, 4.69) is 5.32 Å². The van der Waals surface area contributed by atoms with E-state index in [0.717, 1.165) is 18.1 Å². The van der Waals surface area contributed by atoms with Gasteiger partial charge in [0.1, 0.15) is 0 Å². The number of nitrogens with two attached hydrogens (primary N) is 1. The highest BCUT2D eigenvalue weighted by Crippen LogP contribution is 1.81. The van der Waals surface area contributed by atoms with Crippen LogP contribution < -0.4 is 11.1 Å². The second-order valence-electron chi connectivity index (χ2n) is 2.52. The van der Waals surface area contributed by atoms with E-state index in [4.69, 9.17) is 5.73 Å². The van der Waals surface area contributed by atoms with Crippen LogP contribution in [0.25, 0.3) is 0 Å². The van der Waals surface area contributed by atoms with E-state index in [1.54, 1.807) is 0 Å². The van der Waals surface area contributed by atoms with Gasteiger partial charge in [-0.05, 0) is 6.92 Å². The van der Waals surface area contributed by atoms with Gasteiger partial charge in [0.25, 0.3) is 0 Å². The fourth-order valence-electron chi connectivity index (χ4n) is 0.647. The molecule has 0 heterocycles. The summed E-state index contributed by atoms with van der Waals surface area (Å²) in [5.74, 6) is 1.49. The van der Waals surface area contributed by atoms with Gasteiger partial charge >= 0.3 is 0 Å². The summed E-state index contributed by atoms with van der Waals surface area (Å²) in [6.07, 6.45) is 0. The molecular formula is C7H18N2OS. The zero-order chi connectivity index (χ0) is 8.69. The molecule has 0 aromatic carbocycles. The minimum atomic E-state index is -0.649. The maximum Gasteiger partial charge on any atom is 0.0360 e. The summed E-state index contributed by atoms with van der Waals surface area (Å²) in [6, 6.07) is 0.337. The third kappa shape index (κ3) is 6.47. The molecule has 3 N–H and O–H groups in total. The Morgan fingerprint density at radius 3 is 2.73 bits per heavy atom. The van der Waals surface area contributed by atoms with E-state index in [0.29, 0.717) is 12.6 Å². The highest BCUT2D eigenvalue weighted by Gasteiger charge is 1.98. The fourth-order valence-corrected chi connectivity index (χ4v) is 1.28. The summed E-state index contributed by atoms with van der Waals surface area (Å²) < 4.78 is 10.9. The first-order valence-electron chi connectivity index (χ1n) is 3.99. The molecule has 0 amide bonds. The van der Waals surface area contributed by atoms with Gasteiger partial charge in [-0.3, -0.25) is 4.21 Å². The van der Waals surface area contributed by atoms with Crippen molar-refractivity contribution in [3.8, 4) is 0 Å². The maximum absolute atomic E-state index is 10.9. The van der Waals surface area contributed by atoms with Gasteiger partial charge in [-0.1, -0.05) is 6.92 Å². The summed E-state index contributed by atoms with van der Waals surface area (Å²) in [5.41, 5.74) is 5.38. The second-order valence-corrected chi connectivity index (χ2v) is 4.39. The normalized spacial score (nSPS) is 16.3. The number of rotatable bonds is 6. The highest BCUT2D eigenvalue weighted by atomic mass is 32.2. The zero-order valence-electron chi connectivity index (χ0n) is 7.30. The predicted molar refractivity (Wildman–Crippen MR) is 50.1 cm³/mol. The SMILES string of the molecule is CCS(=O)CCNC(C)CN. The average Bonchev–Trinajstić information content (AvgIpc) is 2.04. The fraction of sp³-hybridized carbons (Fsp3) is 1.00. The van der Waals surface area contributed by atoms with Crippen LogP contribution in [0.15, 0.2) is 0 Å². The van der Waals surface area contributed by atoms with Crippen LogP contribution in [0.1, 0.15) is 13.8 Å². The van der Waals surface area contributed by atoms with E-state index in [-0.39, 0.29) is 0 Å². The predicted octanol–water partition coefficient (Wildman–Crippen LogP) is -0.308. The second kappa shape index (κ2) is 6.76. The Balaban J connectivity index is 3.20. The van der Waals surface area contributed by atoms with Gasteiger partial charge in [0, 0.05) is 41.4 Å². The number of hydrogen-bond donors (Lipinski definition) is 2. The van der Waals surface area contributed by atoms with Gasteiger partial charge in [0.05, 0.1) is 0 Å². The lowest BCUT2D eigenvalue weighted by atomic mass is 10.3. The minimum absolute atomic E-state index is 0.337. The standard InChI is InChI=1S/C7H18N2OS/c1-3-11(10)5-4-9-7(2)6-8/h7,9H,3-6,8H2,1-2H3.